The van der Waals surface area contributed by atoms with Gasteiger partial charge in [-0.1, -0.05) is 69.4 Å². The molecule has 0 amide bonds. The summed E-state index contributed by atoms with van der Waals surface area (Å²) in [5, 5.41) is 0. The topological polar surface area (TPSA) is 43.1 Å². The van der Waals surface area contributed by atoms with Gasteiger partial charge in [0.2, 0.25) is 12.3 Å². The number of unbranched alkanes of at least 4 members (excludes halogenated alkanes) is 5. The van der Waals surface area contributed by atoms with Gasteiger partial charge in [0.25, 0.3) is 0 Å². The van der Waals surface area contributed by atoms with Gasteiger partial charge < -0.3 is 4.74 Å². The first kappa shape index (κ1) is 18.1. The summed E-state index contributed by atoms with van der Waals surface area (Å²) in [6, 6.07) is 9.33. The predicted molar refractivity (Wildman–Crippen MR) is 94.1 cm³/mol. The third-order valence-electron chi connectivity index (χ3n) is 3.96. The fourth-order valence-electron chi connectivity index (χ4n) is 2.55. The number of Topliss-reactive ketones (excluding diaryl/α,β-unsaturated/α-hetero) is 1. The zero-order chi connectivity index (χ0) is 17.0. The van der Waals surface area contributed by atoms with Crippen molar-refractivity contribution in [1.29, 1.82) is 0 Å². The summed E-state index contributed by atoms with van der Waals surface area (Å²) >= 11 is 0. The molecule has 1 aromatic heterocycles. The van der Waals surface area contributed by atoms with E-state index in [0.717, 1.165) is 6.42 Å². The van der Waals surface area contributed by atoms with E-state index in [0.29, 0.717) is 18.1 Å². The van der Waals surface area contributed by atoms with Crippen LogP contribution in [0.1, 0.15) is 55.8 Å². The van der Waals surface area contributed by atoms with Crippen LogP contribution in [0.2, 0.25) is 0 Å². The molecule has 0 saturated carbocycles. The maximum atomic E-state index is 12.3. The molecule has 0 aliphatic heterocycles. The summed E-state index contributed by atoms with van der Waals surface area (Å²) in [6.07, 6.45) is 12.5. The molecule has 0 N–H and O–H groups in total. The summed E-state index contributed by atoms with van der Waals surface area (Å²) in [5.41, 5.74) is 0.712. The van der Waals surface area contributed by atoms with Gasteiger partial charge in [-0.2, -0.15) is 4.57 Å². The number of nitrogens with zero attached hydrogens (tertiary/aromatic N) is 2. The Bertz CT molecular complexity index is 614. The van der Waals surface area contributed by atoms with Crippen LogP contribution in [-0.2, 0) is 6.54 Å². The predicted octanol–water partition coefficient (Wildman–Crippen LogP) is 3.99. The second-order valence-electron chi connectivity index (χ2n) is 5.95. The number of benzene rings is 1. The lowest BCUT2D eigenvalue weighted by Gasteiger charge is -2.05. The summed E-state index contributed by atoms with van der Waals surface area (Å²) in [7, 11) is 0. The highest BCUT2D eigenvalue weighted by Gasteiger charge is 2.17. The number of ketones is 1. The molecule has 0 fully saturated rings. The van der Waals surface area contributed by atoms with Crippen molar-refractivity contribution in [3.8, 4) is 5.88 Å². The van der Waals surface area contributed by atoms with E-state index in [2.05, 4.69) is 11.9 Å². The van der Waals surface area contributed by atoms with Crippen molar-refractivity contribution in [1.82, 2.24) is 4.98 Å². The molecule has 24 heavy (non-hydrogen) atoms. The normalized spacial score (nSPS) is 10.5. The Labute approximate surface area is 144 Å². The van der Waals surface area contributed by atoms with Crippen molar-refractivity contribution in [3.63, 3.8) is 0 Å². The van der Waals surface area contributed by atoms with E-state index in [1.165, 1.54) is 32.1 Å². The highest BCUT2D eigenvalue weighted by atomic mass is 16.5. The summed E-state index contributed by atoms with van der Waals surface area (Å²) in [6.45, 7) is 3.15. The SMILES string of the molecule is CCCCCCCCOc1cncc[n+]1CC(=O)c1ccccc1. The zero-order valence-corrected chi connectivity index (χ0v) is 14.5. The lowest BCUT2D eigenvalue weighted by atomic mass is 10.1. The standard InChI is InChI=1S/C20H27N2O2/c1-2-3-4-5-6-10-15-24-20-16-21-13-14-22(20)17-19(23)18-11-8-7-9-12-18/h7-9,11-14,16H,2-6,10,15,17H2,1H3/q+1. The van der Waals surface area contributed by atoms with Crippen LogP contribution in [0.5, 0.6) is 5.88 Å². The van der Waals surface area contributed by atoms with E-state index in [1.54, 1.807) is 18.6 Å². The number of carbonyl (C=O) groups is 1. The monoisotopic (exact) mass is 327 g/mol. The Balaban J connectivity index is 1.83. The lowest BCUT2D eigenvalue weighted by molar-refractivity contribution is -0.689. The van der Waals surface area contributed by atoms with Crippen molar-refractivity contribution in [3.05, 3.63) is 54.5 Å². The van der Waals surface area contributed by atoms with Gasteiger partial charge in [0.15, 0.2) is 6.20 Å². The molecule has 0 unspecified atom stereocenters. The molecule has 0 radical (unpaired) electrons. The van der Waals surface area contributed by atoms with Crippen molar-refractivity contribution < 1.29 is 14.1 Å². The Morgan fingerprint density at radius 2 is 1.83 bits per heavy atom. The van der Waals surface area contributed by atoms with Gasteiger partial charge in [0.05, 0.1) is 12.8 Å². The molecule has 0 aliphatic rings. The smallest absolute Gasteiger partial charge is 0.387 e. The quantitative estimate of drug-likeness (QED) is 0.356. The van der Waals surface area contributed by atoms with E-state index < -0.39 is 0 Å². The average Bonchev–Trinajstić information content (AvgIpc) is 2.63. The summed E-state index contributed by atoms with van der Waals surface area (Å²) < 4.78 is 7.65. The lowest BCUT2D eigenvalue weighted by Crippen LogP contribution is -2.39. The largest absolute Gasteiger partial charge is 0.443 e. The first-order valence-corrected chi connectivity index (χ1v) is 8.85. The van der Waals surface area contributed by atoms with Crippen LogP contribution in [0.25, 0.3) is 0 Å². The van der Waals surface area contributed by atoms with E-state index in [4.69, 9.17) is 4.74 Å². The molecular weight excluding hydrogens is 300 g/mol. The van der Waals surface area contributed by atoms with E-state index in [1.807, 2.05) is 34.9 Å². The highest BCUT2D eigenvalue weighted by Crippen LogP contribution is 2.07. The maximum absolute atomic E-state index is 12.3. The molecule has 4 heteroatoms. The van der Waals surface area contributed by atoms with Crippen LogP contribution in [0, 0.1) is 0 Å². The molecule has 2 aromatic rings. The minimum Gasteiger partial charge on any atom is -0.443 e. The Hall–Kier alpha value is -2.23. The van der Waals surface area contributed by atoms with Gasteiger partial charge in [-0.25, -0.2) is 4.98 Å². The first-order chi connectivity index (χ1) is 11.8. The van der Waals surface area contributed by atoms with Crippen molar-refractivity contribution >= 4 is 5.78 Å². The molecule has 0 spiro atoms. The van der Waals surface area contributed by atoms with Gasteiger partial charge in [0, 0.05) is 5.56 Å². The second-order valence-corrected chi connectivity index (χ2v) is 5.95. The van der Waals surface area contributed by atoms with Crippen molar-refractivity contribution in [2.45, 2.75) is 52.0 Å². The Morgan fingerprint density at radius 1 is 1.08 bits per heavy atom. The van der Waals surface area contributed by atoms with Gasteiger partial charge in [0.1, 0.15) is 6.20 Å². The van der Waals surface area contributed by atoms with Crippen LogP contribution in [-0.4, -0.2) is 17.4 Å². The molecule has 4 nitrogen and oxygen atoms in total. The third-order valence-corrected chi connectivity index (χ3v) is 3.96. The zero-order valence-electron chi connectivity index (χ0n) is 14.5. The van der Waals surface area contributed by atoms with Crippen LogP contribution >= 0.6 is 0 Å². The molecular formula is C20H27N2O2+. The number of aromatic nitrogens is 2. The van der Waals surface area contributed by atoms with Crippen LogP contribution < -0.4 is 9.30 Å². The van der Waals surface area contributed by atoms with Crippen LogP contribution in [0.15, 0.2) is 48.9 Å². The first-order valence-electron chi connectivity index (χ1n) is 8.85. The van der Waals surface area contributed by atoms with E-state index >= 15 is 0 Å². The number of carbonyl (C=O) groups excluding carboxylic acids is 1. The number of ether oxygens (including phenoxy) is 1. The van der Waals surface area contributed by atoms with Gasteiger partial charge in [-0.05, 0) is 6.42 Å². The van der Waals surface area contributed by atoms with Gasteiger partial charge >= 0.3 is 5.88 Å². The maximum Gasteiger partial charge on any atom is 0.387 e. The van der Waals surface area contributed by atoms with Crippen LogP contribution in [0.3, 0.4) is 0 Å². The van der Waals surface area contributed by atoms with Crippen LogP contribution in [0.4, 0.5) is 0 Å². The number of hydrogen-bond donors (Lipinski definition) is 0. The molecule has 128 valence electrons. The summed E-state index contributed by atoms with van der Waals surface area (Å²) in [4.78, 5) is 16.5. The Morgan fingerprint density at radius 3 is 2.62 bits per heavy atom. The molecule has 2 rings (SSSR count). The third kappa shape index (κ3) is 6.11. The Kier molecular flexibility index (Phi) is 7.94. The fraction of sp³-hybridized carbons (Fsp3) is 0.450. The molecule has 0 aliphatic carbocycles. The van der Waals surface area contributed by atoms with Gasteiger partial charge in [-0.15, -0.1) is 0 Å². The van der Waals surface area contributed by atoms with E-state index in [9.17, 15) is 4.79 Å². The minimum atomic E-state index is 0.0659. The molecule has 0 bridgehead atoms. The molecule has 0 saturated heterocycles. The fourth-order valence-corrected chi connectivity index (χ4v) is 2.55. The molecule has 1 aromatic carbocycles. The second kappa shape index (κ2) is 10.5. The number of hydrogen-bond acceptors (Lipinski definition) is 3. The van der Waals surface area contributed by atoms with Crippen molar-refractivity contribution in [2.24, 2.45) is 0 Å². The molecule has 1 heterocycles. The molecule has 0 atom stereocenters. The van der Waals surface area contributed by atoms with E-state index in [-0.39, 0.29) is 12.3 Å². The van der Waals surface area contributed by atoms with Gasteiger partial charge in [-0.3, -0.25) is 4.79 Å². The number of rotatable bonds is 11. The van der Waals surface area contributed by atoms with Crippen molar-refractivity contribution in [2.75, 3.05) is 6.61 Å². The summed E-state index contributed by atoms with van der Waals surface area (Å²) in [5.74, 6) is 0.714. The average molecular weight is 327 g/mol. The minimum absolute atomic E-state index is 0.0659. The highest BCUT2D eigenvalue weighted by molar-refractivity contribution is 5.94.